The molecule has 3 rings (SSSR count). The second kappa shape index (κ2) is 7.94. The maximum atomic E-state index is 12.9. The van der Waals surface area contributed by atoms with E-state index in [0.717, 1.165) is 36.9 Å². The topological polar surface area (TPSA) is 36.0 Å². The molecular formula is C19H28ClN3O2. The number of hydrogen-bond donors (Lipinski definition) is 0. The van der Waals surface area contributed by atoms with E-state index in [1.54, 1.807) is 0 Å². The molecule has 0 saturated carbocycles. The third-order valence-electron chi connectivity index (χ3n) is 5.12. The third kappa shape index (κ3) is 4.46. The Bertz CT molecular complexity index is 594. The average molecular weight is 366 g/mol. The number of rotatable bonds is 3. The zero-order valence-corrected chi connectivity index (χ0v) is 16.1. The summed E-state index contributed by atoms with van der Waals surface area (Å²) < 4.78 is 5.74. The lowest BCUT2D eigenvalue weighted by Crippen LogP contribution is -2.57. The zero-order valence-electron chi connectivity index (χ0n) is 15.3. The van der Waals surface area contributed by atoms with Gasteiger partial charge in [0.25, 0.3) is 0 Å². The Hall–Kier alpha value is -1.30. The Morgan fingerprint density at radius 2 is 1.80 bits per heavy atom. The van der Waals surface area contributed by atoms with E-state index in [2.05, 4.69) is 15.9 Å². The van der Waals surface area contributed by atoms with Crippen LogP contribution in [0.3, 0.4) is 0 Å². The highest BCUT2D eigenvalue weighted by Crippen LogP contribution is 2.22. The summed E-state index contributed by atoms with van der Waals surface area (Å²) in [6.07, 6.45) is 0.221. The van der Waals surface area contributed by atoms with Gasteiger partial charge in [-0.3, -0.25) is 9.69 Å². The highest BCUT2D eigenvalue weighted by Gasteiger charge is 2.32. The van der Waals surface area contributed by atoms with Crippen molar-refractivity contribution in [3.63, 3.8) is 0 Å². The molecule has 2 fully saturated rings. The Morgan fingerprint density at radius 1 is 1.16 bits per heavy atom. The number of morpholine rings is 1. The number of amides is 1. The fraction of sp³-hybridized carbons (Fsp3) is 0.632. The number of benzene rings is 1. The molecule has 2 aliphatic heterocycles. The molecule has 1 aromatic carbocycles. The van der Waals surface area contributed by atoms with Gasteiger partial charge in [-0.05, 0) is 39.0 Å². The molecule has 1 amide bonds. The van der Waals surface area contributed by atoms with Gasteiger partial charge >= 0.3 is 0 Å². The summed E-state index contributed by atoms with van der Waals surface area (Å²) in [6, 6.07) is 7.89. The first-order chi connectivity index (χ1) is 11.9. The van der Waals surface area contributed by atoms with E-state index >= 15 is 0 Å². The first kappa shape index (κ1) is 18.5. The zero-order chi connectivity index (χ0) is 18.0. The number of ether oxygens (including phenoxy) is 1. The average Bonchev–Trinajstić information content (AvgIpc) is 2.60. The van der Waals surface area contributed by atoms with Crippen molar-refractivity contribution in [2.45, 2.75) is 39.0 Å². The van der Waals surface area contributed by atoms with Gasteiger partial charge in [-0.2, -0.15) is 0 Å². The van der Waals surface area contributed by atoms with Crippen molar-refractivity contribution in [2.24, 2.45) is 0 Å². The van der Waals surface area contributed by atoms with Crippen LogP contribution in [0.25, 0.3) is 0 Å². The van der Waals surface area contributed by atoms with Crippen LogP contribution in [0.4, 0.5) is 5.69 Å². The van der Waals surface area contributed by atoms with Crippen molar-refractivity contribution in [1.82, 2.24) is 9.80 Å². The van der Waals surface area contributed by atoms with Crippen molar-refractivity contribution in [2.75, 3.05) is 44.2 Å². The molecule has 0 bridgehead atoms. The van der Waals surface area contributed by atoms with Crippen molar-refractivity contribution in [3.8, 4) is 0 Å². The van der Waals surface area contributed by atoms with E-state index < -0.39 is 0 Å². The normalized spacial score (nSPS) is 26.6. The van der Waals surface area contributed by atoms with Crippen LogP contribution >= 0.6 is 11.6 Å². The molecule has 0 aromatic heterocycles. The molecule has 25 heavy (non-hydrogen) atoms. The van der Waals surface area contributed by atoms with Crippen molar-refractivity contribution in [3.05, 3.63) is 29.3 Å². The number of piperazine rings is 1. The van der Waals surface area contributed by atoms with Gasteiger partial charge in [0.1, 0.15) is 0 Å². The summed E-state index contributed by atoms with van der Waals surface area (Å²) in [7, 11) is 0. The first-order valence-corrected chi connectivity index (χ1v) is 9.50. The molecule has 1 aromatic rings. The van der Waals surface area contributed by atoms with Gasteiger partial charge in [-0.25, -0.2) is 0 Å². The lowest BCUT2D eigenvalue weighted by Gasteiger charge is -2.42. The summed E-state index contributed by atoms with van der Waals surface area (Å²) in [5.74, 6) is 0.221. The minimum atomic E-state index is -0.0842. The highest BCUT2D eigenvalue weighted by molar-refractivity contribution is 6.30. The van der Waals surface area contributed by atoms with Crippen LogP contribution in [-0.2, 0) is 9.53 Å². The quantitative estimate of drug-likeness (QED) is 0.824. The van der Waals surface area contributed by atoms with Crippen LogP contribution in [0.1, 0.15) is 20.8 Å². The van der Waals surface area contributed by atoms with Crippen molar-refractivity contribution in [1.29, 1.82) is 0 Å². The molecular weight excluding hydrogens is 338 g/mol. The molecule has 0 N–H and O–H groups in total. The van der Waals surface area contributed by atoms with Gasteiger partial charge in [-0.15, -0.1) is 0 Å². The predicted molar refractivity (Wildman–Crippen MR) is 101 cm³/mol. The summed E-state index contributed by atoms with van der Waals surface area (Å²) in [5, 5.41) is 0.763. The molecule has 0 unspecified atom stereocenters. The van der Waals surface area contributed by atoms with Crippen molar-refractivity contribution < 1.29 is 9.53 Å². The van der Waals surface area contributed by atoms with E-state index in [1.807, 2.05) is 43.9 Å². The largest absolute Gasteiger partial charge is 0.372 e. The molecule has 2 aliphatic rings. The van der Waals surface area contributed by atoms with E-state index in [4.69, 9.17) is 16.3 Å². The van der Waals surface area contributed by atoms with Gasteiger partial charge in [0.15, 0.2) is 0 Å². The van der Waals surface area contributed by atoms with Crippen LogP contribution in [-0.4, -0.2) is 73.2 Å². The second-order valence-electron chi connectivity index (χ2n) is 7.18. The third-order valence-corrected chi connectivity index (χ3v) is 5.36. The number of halogens is 1. The van der Waals surface area contributed by atoms with Gasteiger partial charge in [0, 0.05) is 50.0 Å². The number of carbonyl (C=O) groups excluding carboxylic acids is 1. The fourth-order valence-corrected chi connectivity index (χ4v) is 4.00. The standard InChI is InChI=1S/C19H28ClN3O2/c1-14-12-23(13-15(2)25-14)19(24)16(3)21-7-9-22(10-8-21)18-6-4-5-17(20)11-18/h4-6,11,14-16H,7-10,12-13H2,1-3H3/t14-,15-,16+/m0/s1. The minimum Gasteiger partial charge on any atom is -0.372 e. The molecule has 0 spiro atoms. The van der Waals surface area contributed by atoms with Gasteiger partial charge in [0.05, 0.1) is 18.2 Å². The minimum absolute atomic E-state index is 0.0842. The molecule has 2 saturated heterocycles. The molecule has 138 valence electrons. The van der Waals surface area contributed by atoms with Gasteiger partial charge in [-0.1, -0.05) is 17.7 Å². The first-order valence-electron chi connectivity index (χ1n) is 9.13. The van der Waals surface area contributed by atoms with E-state index in [1.165, 1.54) is 0 Å². The fourth-order valence-electron chi connectivity index (χ4n) is 3.82. The smallest absolute Gasteiger partial charge is 0.239 e. The maximum absolute atomic E-state index is 12.9. The molecule has 0 radical (unpaired) electrons. The Labute approximate surface area is 155 Å². The molecule has 3 atom stereocenters. The molecule has 0 aliphatic carbocycles. The van der Waals surface area contributed by atoms with Crippen LogP contribution in [0.15, 0.2) is 24.3 Å². The SMILES string of the molecule is C[C@H](C(=O)N1C[C@H](C)O[C@@H](C)C1)N1CCN(c2cccc(Cl)c2)CC1. The Kier molecular flexibility index (Phi) is 5.87. The van der Waals surface area contributed by atoms with E-state index in [9.17, 15) is 4.79 Å². The number of carbonyl (C=O) groups is 1. The summed E-state index contributed by atoms with van der Waals surface area (Å²) in [5.41, 5.74) is 1.15. The highest BCUT2D eigenvalue weighted by atomic mass is 35.5. The summed E-state index contributed by atoms with van der Waals surface area (Å²) >= 11 is 6.10. The molecule has 6 heteroatoms. The van der Waals surface area contributed by atoms with Crippen molar-refractivity contribution >= 4 is 23.2 Å². The number of hydrogen-bond acceptors (Lipinski definition) is 4. The predicted octanol–water partition coefficient (Wildman–Crippen LogP) is 2.49. The van der Waals surface area contributed by atoms with E-state index in [-0.39, 0.29) is 24.2 Å². The van der Waals surface area contributed by atoms with E-state index in [0.29, 0.717) is 13.1 Å². The van der Waals surface area contributed by atoms with Crippen LogP contribution < -0.4 is 4.90 Å². The molecule has 5 nitrogen and oxygen atoms in total. The lowest BCUT2D eigenvalue weighted by atomic mass is 10.1. The summed E-state index contributed by atoms with van der Waals surface area (Å²) in [6.45, 7) is 11.1. The van der Waals surface area contributed by atoms with Crippen LogP contribution in [0.2, 0.25) is 5.02 Å². The maximum Gasteiger partial charge on any atom is 0.239 e. The lowest BCUT2D eigenvalue weighted by molar-refractivity contribution is -0.148. The van der Waals surface area contributed by atoms with Gasteiger partial charge < -0.3 is 14.5 Å². The number of anilines is 1. The Balaban J connectivity index is 1.56. The summed E-state index contributed by atoms with van der Waals surface area (Å²) in [4.78, 5) is 19.5. The monoisotopic (exact) mass is 365 g/mol. The van der Waals surface area contributed by atoms with Gasteiger partial charge in [0.2, 0.25) is 5.91 Å². The van der Waals surface area contributed by atoms with Crippen LogP contribution in [0, 0.1) is 0 Å². The Morgan fingerprint density at radius 3 is 2.40 bits per heavy atom. The number of nitrogens with zero attached hydrogens (tertiary/aromatic N) is 3. The second-order valence-corrected chi connectivity index (χ2v) is 7.62. The molecule has 2 heterocycles. The van der Waals surface area contributed by atoms with Crippen LogP contribution in [0.5, 0.6) is 0 Å².